The maximum atomic E-state index is 10.6. The number of aromatic carboxylic acids is 1. The highest BCUT2D eigenvalue weighted by Gasteiger charge is 2.19. The van der Waals surface area contributed by atoms with E-state index in [0.29, 0.717) is 0 Å². The van der Waals surface area contributed by atoms with Crippen LogP contribution >= 0.6 is 0 Å². The van der Waals surface area contributed by atoms with Gasteiger partial charge in [-0.2, -0.15) is 5.26 Å². The zero-order valence-corrected chi connectivity index (χ0v) is 8.24. The molecule has 1 aromatic rings. The number of nitriles is 1. The molecule has 0 spiro atoms. The Morgan fingerprint density at radius 3 is 2.81 bits per heavy atom. The molecule has 0 aliphatic rings. The molecule has 0 fully saturated rings. The van der Waals surface area contributed by atoms with Crippen LogP contribution in [0, 0.1) is 11.3 Å². The average molecular weight is 222 g/mol. The zero-order valence-electron chi connectivity index (χ0n) is 8.24. The Morgan fingerprint density at radius 2 is 2.25 bits per heavy atom. The van der Waals surface area contributed by atoms with E-state index in [1.165, 1.54) is 12.3 Å². The third kappa shape index (κ3) is 2.76. The number of aromatic nitrogens is 1. The van der Waals surface area contributed by atoms with Crippen molar-refractivity contribution in [1.29, 1.82) is 5.26 Å². The molecule has 1 heterocycles. The van der Waals surface area contributed by atoms with E-state index < -0.39 is 18.2 Å². The summed E-state index contributed by atoms with van der Waals surface area (Å²) in [5, 5.41) is 36.0. The lowest BCUT2D eigenvalue weighted by Gasteiger charge is -2.15. The molecule has 0 aromatic carbocycles. The van der Waals surface area contributed by atoms with E-state index >= 15 is 0 Å². The number of rotatable bonds is 4. The predicted molar refractivity (Wildman–Crippen MR) is 52.4 cm³/mol. The van der Waals surface area contributed by atoms with Gasteiger partial charge >= 0.3 is 5.97 Å². The molecule has 84 valence electrons. The number of hydrogen-bond acceptors (Lipinski definition) is 5. The summed E-state index contributed by atoms with van der Waals surface area (Å²) in [6.45, 7) is 0. The summed E-state index contributed by atoms with van der Waals surface area (Å²) in [6, 6.07) is 4.26. The highest BCUT2D eigenvalue weighted by atomic mass is 16.4. The van der Waals surface area contributed by atoms with Gasteiger partial charge in [0.15, 0.2) is 0 Å². The van der Waals surface area contributed by atoms with Gasteiger partial charge in [-0.25, -0.2) is 9.78 Å². The van der Waals surface area contributed by atoms with Crippen molar-refractivity contribution < 1.29 is 20.1 Å². The molecule has 6 nitrogen and oxygen atoms in total. The number of carbonyl (C=O) groups is 1. The molecule has 3 N–H and O–H groups in total. The molecule has 2 unspecified atom stereocenters. The lowest BCUT2D eigenvalue weighted by atomic mass is 10.0. The number of nitrogens with zero attached hydrogens (tertiary/aromatic N) is 2. The lowest BCUT2D eigenvalue weighted by Crippen LogP contribution is -2.18. The molecule has 0 bridgehead atoms. The van der Waals surface area contributed by atoms with E-state index in [1.54, 1.807) is 6.07 Å². The van der Waals surface area contributed by atoms with Gasteiger partial charge in [-0.3, -0.25) is 0 Å². The summed E-state index contributed by atoms with van der Waals surface area (Å²) >= 11 is 0. The topological polar surface area (TPSA) is 114 Å². The van der Waals surface area contributed by atoms with Crippen LogP contribution in [0.5, 0.6) is 0 Å². The summed E-state index contributed by atoms with van der Waals surface area (Å²) in [5.74, 6) is -1.22. The van der Waals surface area contributed by atoms with E-state index in [9.17, 15) is 15.0 Å². The van der Waals surface area contributed by atoms with Crippen molar-refractivity contribution in [2.24, 2.45) is 0 Å². The van der Waals surface area contributed by atoms with Crippen molar-refractivity contribution in [3.8, 4) is 6.07 Å². The monoisotopic (exact) mass is 222 g/mol. The molecule has 0 radical (unpaired) electrons. The highest BCUT2D eigenvalue weighted by molar-refractivity contribution is 5.85. The molecule has 1 rings (SSSR count). The molecule has 0 saturated heterocycles. The third-order valence-electron chi connectivity index (χ3n) is 2.01. The standard InChI is InChI=1S/C10H10N2O4/c11-3-1-8(13)9(14)6-2-4-12-7(5-6)10(15)16/h2,4-5,8-9,13-14H,1H2,(H,15,16). The van der Waals surface area contributed by atoms with Gasteiger partial charge in [0, 0.05) is 6.20 Å². The Bertz CT molecular complexity index is 427. The molecular weight excluding hydrogens is 212 g/mol. The van der Waals surface area contributed by atoms with Crippen LogP contribution in [0.3, 0.4) is 0 Å². The number of pyridine rings is 1. The van der Waals surface area contributed by atoms with Gasteiger partial charge in [-0.15, -0.1) is 0 Å². The van der Waals surface area contributed by atoms with Crippen molar-refractivity contribution in [2.45, 2.75) is 18.6 Å². The largest absolute Gasteiger partial charge is 0.477 e. The van der Waals surface area contributed by atoms with Crippen molar-refractivity contribution in [1.82, 2.24) is 4.98 Å². The molecule has 0 aliphatic heterocycles. The van der Waals surface area contributed by atoms with Gasteiger partial charge < -0.3 is 15.3 Å². The minimum absolute atomic E-state index is 0.218. The molecule has 2 atom stereocenters. The number of carboxylic acids is 1. The molecule has 6 heteroatoms. The van der Waals surface area contributed by atoms with Crippen LogP contribution in [-0.2, 0) is 0 Å². The van der Waals surface area contributed by atoms with Gasteiger partial charge in [-0.05, 0) is 17.7 Å². The Morgan fingerprint density at radius 1 is 1.56 bits per heavy atom. The predicted octanol–water partition coefficient (Wildman–Crippen LogP) is 0.0878. The average Bonchev–Trinajstić information content (AvgIpc) is 2.28. The van der Waals surface area contributed by atoms with Crippen LogP contribution in [0.2, 0.25) is 0 Å². The fourth-order valence-electron chi connectivity index (χ4n) is 1.18. The first-order valence-electron chi connectivity index (χ1n) is 4.48. The van der Waals surface area contributed by atoms with Crippen molar-refractivity contribution in [3.63, 3.8) is 0 Å². The molecule has 0 saturated carbocycles. The van der Waals surface area contributed by atoms with Gasteiger partial charge in [0.1, 0.15) is 11.8 Å². The van der Waals surface area contributed by atoms with E-state index in [0.717, 1.165) is 6.07 Å². The zero-order chi connectivity index (χ0) is 12.1. The van der Waals surface area contributed by atoms with Crippen LogP contribution < -0.4 is 0 Å². The quantitative estimate of drug-likeness (QED) is 0.665. The summed E-state index contributed by atoms with van der Waals surface area (Å²) in [4.78, 5) is 14.2. The number of aliphatic hydroxyl groups is 2. The molecular formula is C10H10N2O4. The van der Waals surface area contributed by atoms with Gasteiger partial charge in [0.25, 0.3) is 0 Å². The van der Waals surface area contributed by atoms with E-state index in [2.05, 4.69) is 4.98 Å². The summed E-state index contributed by atoms with van der Waals surface area (Å²) in [6.07, 6.45) is -1.54. The smallest absolute Gasteiger partial charge is 0.354 e. The van der Waals surface area contributed by atoms with Crippen LogP contribution in [0.25, 0.3) is 0 Å². The molecule has 0 amide bonds. The Labute approximate surface area is 91.4 Å². The number of hydrogen-bond donors (Lipinski definition) is 3. The first kappa shape index (κ1) is 12.1. The summed E-state index contributed by atoms with van der Waals surface area (Å²) in [5.41, 5.74) is -0.00384. The third-order valence-corrected chi connectivity index (χ3v) is 2.01. The fourth-order valence-corrected chi connectivity index (χ4v) is 1.18. The number of aliphatic hydroxyl groups excluding tert-OH is 2. The first-order chi connectivity index (χ1) is 7.56. The SMILES string of the molecule is N#CCC(O)C(O)c1ccnc(C(=O)O)c1. The van der Waals surface area contributed by atoms with Crippen LogP contribution in [0.15, 0.2) is 18.3 Å². The van der Waals surface area contributed by atoms with Crippen molar-refractivity contribution >= 4 is 5.97 Å². The van der Waals surface area contributed by atoms with Crippen LogP contribution in [0.4, 0.5) is 0 Å². The Hall–Kier alpha value is -1.97. The van der Waals surface area contributed by atoms with Crippen molar-refractivity contribution in [3.05, 3.63) is 29.6 Å². The maximum Gasteiger partial charge on any atom is 0.354 e. The maximum absolute atomic E-state index is 10.6. The van der Waals surface area contributed by atoms with Crippen molar-refractivity contribution in [2.75, 3.05) is 0 Å². The molecule has 0 aliphatic carbocycles. The Kier molecular flexibility index (Phi) is 3.94. The van der Waals surface area contributed by atoms with Gasteiger partial charge in [0.2, 0.25) is 0 Å². The molecule has 1 aromatic heterocycles. The second kappa shape index (κ2) is 5.21. The lowest BCUT2D eigenvalue weighted by molar-refractivity contribution is 0.0215. The second-order valence-corrected chi connectivity index (χ2v) is 3.15. The van der Waals surface area contributed by atoms with Crippen LogP contribution in [-0.4, -0.2) is 32.4 Å². The van der Waals surface area contributed by atoms with E-state index in [4.69, 9.17) is 10.4 Å². The highest BCUT2D eigenvalue weighted by Crippen LogP contribution is 2.18. The van der Waals surface area contributed by atoms with E-state index in [1.807, 2.05) is 0 Å². The van der Waals surface area contributed by atoms with Gasteiger partial charge in [-0.1, -0.05) is 0 Å². The van der Waals surface area contributed by atoms with Crippen LogP contribution in [0.1, 0.15) is 28.6 Å². The summed E-state index contributed by atoms with van der Waals surface area (Å²) < 4.78 is 0. The summed E-state index contributed by atoms with van der Waals surface area (Å²) in [7, 11) is 0. The van der Waals surface area contributed by atoms with E-state index in [-0.39, 0.29) is 17.7 Å². The normalized spacial score (nSPS) is 13.8. The second-order valence-electron chi connectivity index (χ2n) is 3.15. The molecule has 16 heavy (non-hydrogen) atoms. The fraction of sp³-hybridized carbons (Fsp3) is 0.300. The van der Waals surface area contributed by atoms with Gasteiger partial charge in [0.05, 0.1) is 18.6 Å². The Balaban J connectivity index is 2.92. The minimum atomic E-state index is -1.29. The minimum Gasteiger partial charge on any atom is -0.477 e. The first-order valence-corrected chi connectivity index (χ1v) is 4.48. The number of carboxylic acid groups (broad SMARTS) is 1.